The van der Waals surface area contributed by atoms with Crippen molar-refractivity contribution in [2.75, 3.05) is 0 Å². The molecule has 0 amide bonds. The van der Waals surface area contributed by atoms with Crippen molar-refractivity contribution in [2.45, 2.75) is 19.0 Å². The fraction of sp³-hybridized carbons (Fsp3) is 0.167. The van der Waals surface area contributed by atoms with Crippen LogP contribution in [0.15, 0.2) is 40.8 Å². The largest absolute Gasteiger partial charge is 0.453 e. The highest BCUT2D eigenvalue weighted by atomic mass is 35.5. The fourth-order valence-corrected chi connectivity index (χ4v) is 3.47. The first-order chi connectivity index (χ1) is 13.3. The molecule has 0 aliphatic heterocycles. The van der Waals surface area contributed by atoms with Gasteiger partial charge in [0.25, 0.3) is 0 Å². The number of fused-ring (bicyclic) bond motifs is 1. The second-order valence-corrected chi connectivity index (χ2v) is 6.95. The molecule has 0 fully saturated rings. The number of furan rings is 1. The number of rotatable bonds is 4. The summed E-state index contributed by atoms with van der Waals surface area (Å²) in [4.78, 5) is 0. The van der Waals surface area contributed by atoms with Gasteiger partial charge in [-0.3, -0.25) is 0 Å². The Morgan fingerprint density at radius 2 is 1.82 bits per heavy atom. The second kappa shape index (κ2) is 7.10. The van der Waals surface area contributed by atoms with Gasteiger partial charge in [-0.15, -0.1) is 10.2 Å². The first-order valence-corrected chi connectivity index (χ1v) is 8.88. The van der Waals surface area contributed by atoms with Crippen molar-refractivity contribution in [1.29, 1.82) is 0 Å². The first kappa shape index (κ1) is 18.8. The molecule has 4 rings (SSSR count). The molecule has 28 heavy (non-hydrogen) atoms. The van der Waals surface area contributed by atoms with Gasteiger partial charge in [-0.05, 0) is 59.5 Å². The molecule has 144 valence electrons. The van der Waals surface area contributed by atoms with Gasteiger partial charge in [0, 0.05) is 10.4 Å². The molecule has 1 N–H and O–H groups in total. The lowest BCUT2D eigenvalue weighted by Crippen LogP contribution is -2.06. The lowest BCUT2D eigenvalue weighted by molar-refractivity contribution is -0.137. The van der Waals surface area contributed by atoms with Crippen LogP contribution in [-0.2, 0) is 19.0 Å². The molecular formula is C18H11Cl2F3N4O. The number of H-pyrrole nitrogens is 1. The highest BCUT2D eigenvalue weighted by Crippen LogP contribution is 2.35. The molecule has 2 heterocycles. The summed E-state index contributed by atoms with van der Waals surface area (Å²) in [6.45, 7) is 0. The van der Waals surface area contributed by atoms with E-state index in [1.165, 1.54) is 12.1 Å². The number of aromatic nitrogens is 4. The Labute approximate surface area is 166 Å². The highest BCUT2D eigenvalue weighted by Gasteiger charge is 2.32. The Morgan fingerprint density at radius 1 is 1.00 bits per heavy atom. The highest BCUT2D eigenvalue weighted by molar-refractivity contribution is 6.32. The number of nitrogens with zero attached hydrogens (tertiary/aromatic N) is 3. The minimum atomic E-state index is -4.47. The van der Waals surface area contributed by atoms with Gasteiger partial charge in [0.2, 0.25) is 5.82 Å². The van der Waals surface area contributed by atoms with E-state index in [2.05, 4.69) is 20.6 Å². The zero-order valence-corrected chi connectivity index (χ0v) is 15.5. The lowest BCUT2D eigenvalue weighted by atomic mass is 10.0. The van der Waals surface area contributed by atoms with Crippen molar-refractivity contribution < 1.29 is 17.6 Å². The van der Waals surface area contributed by atoms with Crippen molar-refractivity contribution in [1.82, 2.24) is 20.6 Å². The molecule has 0 saturated carbocycles. The summed E-state index contributed by atoms with van der Waals surface area (Å²) in [5.41, 5.74) is 1.24. The molecule has 2 aromatic carbocycles. The third kappa shape index (κ3) is 3.70. The minimum absolute atomic E-state index is 0.317. The van der Waals surface area contributed by atoms with E-state index in [9.17, 15) is 13.2 Å². The van der Waals surface area contributed by atoms with Crippen LogP contribution in [-0.4, -0.2) is 20.6 Å². The van der Waals surface area contributed by atoms with Crippen molar-refractivity contribution >= 4 is 34.2 Å². The number of benzene rings is 2. The molecule has 0 bridgehead atoms. The maximum atomic E-state index is 12.8. The van der Waals surface area contributed by atoms with Crippen LogP contribution < -0.4 is 0 Å². The van der Waals surface area contributed by atoms with E-state index in [1.54, 1.807) is 18.2 Å². The predicted octanol–water partition coefficient (Wildman–Crippen LogP) is 5.72. The Hall–Kier alpha value is -2.58. The van der Waals surface area contributed by atoms with E-state index in [1.807, 2.05) is 0 Å². The number of aryl methyl sites for hydroxylation is 2. The van der Waals surface area contributed by atoms with Crippen LogP contribution in [0.3, 0.4) is 0 Å². The van der Waals surface area contributed by atoms with Gasteiger partial charge in [-0.25, -0.2) is 0 Å². The molecule has 0 aliphatic rings. The smallest absolute Gasteiger partial charge is 0.417 e. The molecule has 0 atom stereocenters. The van der Waals surface area contributed by atoms with Crippen molar-refractivity contribution in [3.63, 3.8) is 0 Å². The Balaban J connectivity index is 1.56. The molecule has 2 aromatic heterocycles. The van der Waals surface area contributed by atoms with E-state index >= 15 is 0 Å². The van der Waals surface area contributed by atoms with Crippen LogP contribution >= 0.6 is 23.2 Å². The molecule has 0 radical (unpaired) electrons. The van der Waals surface area contributed by atoms with Crippen molar-refractivity contribution in [3.8, 4) is 11.6 Å². The van der Waals surface area contributed by atoms with E-state index in [-0.39, 0.29) is 5.02 Å². The number of tetrazole rings is 1. The van der Waals surface area contributed by atoms with E-state index < -0.39 is 11.7 Å². The number of hydrogen-bond donors (Lipinski definition) is 1. The van der Waals surface area contributed by atoms with Gasteiger partial charge in [-0.2, -0.15) is 18.4 Å². The number of aromatic amines is 1. The average molecular weight is 427 g/mol. The molecule has 5 nitrogen and oxygen atoms in total. The summed E-state index contributed by atoms with van der Waals surface area (Å²) in [7, 11) is 0. The lowest BCUT2D eigenvalue weighted by Gasteiger charge is -2.10. The topological polar surface area (TPSA) is 67.6 Å². The summed E-state index contributed by atoms with van der Waals surface area (Å²) in [5, 5.41) is 14.6. The summed E-state index contributed by atoms with van der Waals surface area (Å²) in [5.74, 6) is 0.778. The van der Waals surface area contributed by atoms with E-state index in [0.717, 1.165) is 17.0 Å². The molecule has 0 unspecified atom stereocenters. The molecule has 0 spiro atoms. The average Bonchev–Trinajstić information content (AvgIpc) is 3.27. The summed E-state index contributed by atoms with van der Waals surface area (Å²) < 4.78 is 44.2. The van der Waals surface area contributed by atoms with E-state index in [0.29, 0.717) is 40.6 Å². The molecule has 4 aromatic rings. The summed E-state index contributed by atoms with van der Waals surface area (Å²) in [6, 6.07) is 9.06. The monoisotopic (exact) mass is 426 g/mol. The van der Waals surface area contributed by atoms with E-state index in [4.69, 9.17) is 27.6 Å². The standard InChI is InChI=1S/C18H11Cl2F3N4O/c19-13-6-11-8-16(17-24-26-27-25-17)28-15(11)7-10(13)3-1-9-2-4-12(14(20)5-9)18(21,22)23/h2,4-8H,1,3H2,(H,24,25,26,27). The van der Waals surface area contributed by atoms with Crippen LogP contribution in [0.2, 0.25) is 10.0 Å². The number of hydrogen-bond acceptors (Lipinski definition) is 4. The molecule has 0 aliphatic carbocycles. The molecule has 10 heteroatoms. The third-order valence-corrected chi connectivity index (χ3v) is 4.94. The zero-order chi connectivity index (χ0) is 19.9. The minimum Gasteiger partial charge on any atom is -0.453 e. The van der Waals surface area contributed by atoms with Gasteiger partial charge in [0.05, 0.1) is 10.6 Å². The summed E-state index contributed by atoms with van der Waals surface area (Å²) >= 11 is 12.1. The van der Waals surface area contributed by atoms with Gasteiger partial charge in [-0.1, -0.05) is 29.3 Å². The molecule has 0 saturated heterocycles. The van der Waals surface area contributed by atoms with Crippen LogP contribution in [0.25, 0.3) is 22.6 Å². The summed E-state index contributed by atoms with van der Waals surface area (Å²) in [6.07, 6.45) is -3.49. The Bertz CT molecular complexity index is 1140. The van der Waals surface area contributed by atoms with Crippen LogP contribution in [0, 0.1) is 0 Å². The van der Waals surface area contributed by atoms with Crippen molar-refractivity contribution in [2.24, 2.45) is 0 Å². The number of nitrogens with one attached hydrogen (secondary N) is 1. The van der Waals surface area contributed by atoms with Crippen molar-refractivity contribution in [3.05, 3.63) is 63.1 Å². The number of halogens is 5. The van der Waals surface area contributed by atoms with Crippen LogP contribution in [0.1, 0.15) is 16.7 Å². The normalized spacial score (nSPS) is 12.0. The van der Waals surface area contributed by atoms with Gasteiger partial charge < -0.3 is 4.42 Å². The maximum Gasteiger partial charge on any atom is 0.417 e. The zero-order valence-electron chi connectivity index (χ0n) is 14.0. The predicted molar refractivity (Wildman–Crippen MR) is 98.3 cm³/mol. The number of alkyl halides is 3. The third-order valence-electron chi connectivity index (χ3n) is 4.27. The Kier molecular flexibility index (Phi) is 4.76. The Morgan fingerprint density at radius 3 is 2.50 bits per heavy atom. The van der Waals surface area contributed by atoms with Gasteiger partial charge in [0.15, 0.2) is 5.76 Å². The molecular weight excluding hydrogens is 416 g/mol. The van der Waals surface area contributed by atoms with Gasteiger partial charge in [0.1, 0.15) is 5.58 Å². The second-order valence-electron chi connectivity index (χ2n) is 6.14. The quantitative estimate of drug-likeness (QED) is 0.452. The SMILES string of the molecule is FC(F)(F)c1ccc(CCc2cc3oc(-c4nn[nH]n4)cc3cc2Cl)cc1Cl. The first-order valence-electron chi connectivity index (χ1n) is 8.12. The van der Waals surface area contributed by atoms with Gasteiger partial charge >= 0.3 is 6.18 Å². The fourth-order valence-electron chi connectivity index (χ4n) is 2.89. The van der Waals surface area contributed by atoms with Crippen LogP contribution in [0.4, 0.5) is 13.2 Å². The maximum absolute atomic E-state index is 12.8. The van der Waals surface area contributed by atoms with Crippen LogP contribution in [0.5, 0.6) is 0 Å².